The van der Waals surface area contributed by atoms with Crippen LogP contribution in [0.2, 0.25) is 10.0 Å². The average Bonchev–Trinajstić information content (AvgIpc) is 3.45. The van der Waals surface area contributed by atoms with Gasteiger partial charge in [0.15, 0.2) is 0 Å². The van der Waals surface area contributed by atoms with Gasteiger partial charge in [-0.3, -0.25) is 9.59 Å². The van der Waals surface area contributed by atoms with Crippen LogP contribution in [-0.2, 0) is 33.9 Å². The summed E-state index contributed by atoms with van der Waals surface area (Å²) in [6.45, 7) is -0.315. The van der Waals surface area contributed by atoms with Crippen LogP contribution in [-0.4, -0.2) is 57.6 Å². The van der Waals surface area contributed by atoms with Crippen LogP contribution in [0.3, 0.4) is 0 Å². The highest BCUT2D eigenvalue weighted by molar-refractivity contribution is 6.35. The van der Waals surface area contributed by atoms with Gasteiger partial charge in [0.1, 0.15) is 24.4 Å². The van der Waals surface area contributed by atoms with Crippen molar-refractivity contribution in [2.45, 2.75) is 31.7 Å². The molecule has 3 amide bonds. The van der Waals surface area contributed by atoms with Crippen molar-refractivity contribution in [3.05, 3.63) is 136 Å². The Morgan fingerprint density at radius 1 is 0.857 bits per heavy atom. The first-order valence-corrected chi connectivity index (χ1v) is 16.0. The molecule has 11 nitrogen and oxygen atoms in total. The van der Waals surface area contributed by atoms with Gasteiger partial charge >= 0.3 is 6.09 Å². The number of carbonyl (C=O) groups is 3. The highest BCUT2D eigenvalue weighted by atomic mass is 35.5. The lowest BCUT2D eigenvalue weighted by Gasteiger charge is -2.21. The predicted molar refractivity (Wildman–Crippen MR) is 188 cm³/mol. The molecule has 0 fully saturated rings. The van der Waals surface area contributed by atoms with Crippen molar-refractivity contribution >= 4 is 58.2 Å². The van der Waals surface area contributed by atoms with Gasteiger partial charge < -0.3 is 30.2 Å². The Kier molecular flexibility index (Phi) is 11.9. The Bertz CT molecular complexity index is 1950. The highest BCUT2D eigenvalue weighted by Gasteiger charge is 2.27. The van der Waals surface area contributed by atoms with Crippen molar-refractivity contribution in [2.24, 2.45) is 5.10 Å². The smallest absolute Gasteiger partial charge is 0.408 e. The number of hydrogen-bond donors (Lipinski definition) is 5. The van der Waals surface area contributed by atoms with Gasteiger partial charge in [-0.2, -0.15) is 5.10 Å². The number of hydrogen-bond acceptors (Lipinski definition) is 7. The van der Waals surface area contributed by atoms with E-state index >= 15 is 0 Å². The molecule has 0 aliphatic carbocycles. The first kappa shape index (κ1) is 35.0. The number of nitrogens with one attached hydrogen (secondary N) is 3. The summed E-state index contributed by atoms with van der Waals surface area (Å²) >= 11 is 12.5. The van der Waals surface area contributed by atoms with E-state index < -0.39 is 36.6 Å². The number of ether oxygens (including phenoxy) is 1. The topological polar surface area (TPSA) is 154 Å². The molecule has 1 aromatic heterocycles. The zero-order chi connectivity index (χ0) is 34.8. The number of phenols is 1. The number of aromatic hydroxyl groups is 1. The zero-order valence-electron chi connectivity index (χ0n) is 26.1. The molecule has 5 N–H and O–H groups in total. The van der Waals surface area contributed by atoms with Gasteiger partial charge in [0, 0.05) is 45.7 Å². The third kappa shape index (κ3) is 9.60. The van der Waals surface area contributed by atoms with Gasteiger partial charge in [-0.05, 0) is 47.0 Å². The van der Waals surface area contributed by atoms with Crippen LogP contribution < -0.4 is 16.1 Å². The molecule has 0 bridgehead atoms. The molecule has 0 saturated heterocycles. The van der Waals surface area contributed by atoms with Gasteiger partial charge in [-0.15, -0.1) is 0 Å². The summed E-state index contributed by atoms with van der Waals surface area (Å²) in [7, 11) is 0. The third-order valence-electron chi connectivity index (χ3n) is 7.57. The first-order chi connectivity index (χ1) is 23.7. The van der Waals surface area contributed by atoms with Crippen molar-refractivity contribution in [3.63, 3.8) is 0 Å². The molecule has 0 radical (unpaired) electrons. The summed E-state index contributed by atoms with van der Waals surface area (Å²) in [5.74, 6) is -1.43. The van der Waals surface area contributed by atoms with Gasteiger partial charge in [0.2, 0.25) is 5.91 Å². The maximum absolute atomic E-state index is 13.4. The van der Waals surface area contributed by atoms with E-state index in [4.69, 9.17) is 27.9 Å². The molecule has 5 rings (SSSR count). The molecule has 0 spiro atoms. The number of carbonyl (C=O) groups excluding carboxylic acids is 3. The minimum absolute atomic E-state index is 0.0190. The molecule has 0 unspecified atom stereocenters. The molecule has 0 aliphatic heterocycles. The normalized spacial score (nSPS) is 12.4. The van der Waals surface area contributed by atoms with Gasteiger partial charge in [0.25, 0.3) is 5.91 Å². The molecule has 5 aromatic rings. The molecular weight excluding hydrogens is 669 g/mol. The Morgan fingerprint density at radius 3 is 2.33 bits per heavy atom. The fraction of sp³-hybridized carbons (Fsp3) is 0.167. The summed E-state index contributed by atoms with van der Waals surface area (Å²) in [5.41, 5.74) is 6.37. The maximum atomic E-state index is 13.4. The third-order valence-corrected chi connectivity index (χ3v) is 8.15. The number of aliphatic hydroxyl groups excluding tert-OH is 1. The summed E-state index contributed by atoms with van der Waals surface area (Å²) in [6.07, 6.45) is 2.49. The number of benzene rings is 4. The van der Waals surface area contributed by atoms with Crippen molar-refractivity contribution in [3.8, 4) is 5.75 Å². The van der Waals surface area contributed by atoms with E-state index in [0.29, 0.717) is 22.2 Å². The van der Waals surface area contributed by atoms with E-state index in [0.717, 1.165) is 27.6 Å². The molecule has 0 saturated carbocycles. The lowest BCUT2D eigenvalue weighted by molar-refractivity contribution is -0.130. The Balaban J connectivity index is 1.28. The van der Waals surface area contributed by atoms with Crippen LogP contribution in [0.1, 0.15) is 22.3 Å². The standard InChI is InChI=1S/C36H33Cl2N5O6/c37-27-13-12-25(30(38)17-27)19-43-20-26(29-8-4-5-9-33(29)43)18-39-42-35(47)31(16-23-10-14-28(45)15-11-23)40-34(46)32(21-44)41-36(48)49-22-24-6-2-1-3-7-24/h1-15,17-18,20,31-32,44-45H,16,19,21-22H2,(H,40,46)(H,41,48)(H,42,47)/b39-18-/t31-,32-/m0/s1. The van der Waals surface area contributed by atoms with Crippen molar-refractivity contribution in [1.29, 1.82) is 0 Å². The van der Waals surface area contributed by atoms with Crippen LogP contribution in [0.5, 0.6) is 5.75 Å². The second kappa shape index (κ2) is 16.6. The van der Waals surface area contributed by atoms with E-state index in [2.05, 4.69) is 21.2 Å². The minimum atomic E-state index is -1.40. The molecule has 252 valence electrons. The lowest BCUT2D eigenvalue weighted by atomic mass is 10.0. The van der Waals surface area contributed by atoms with Crippen molar-refractivity contribution in [1.82, 2.24) is 20.6 Å². The Morgan fingerprint density at radius 2 is 1.59 bits per heavy atom. The van der Waals surface area contributed by atoms with E-state index in [1.165, 1.54) is 18.3 Å². The molecule has 49 heavy (non-hydrogen) atoms. The monoisotopic (exact) mass is 701 g/mol. The first-order valence-electron chi connectivity index (χ1n) is 15.2. The van der Waals surface area contributed by atoms with E-state index in [1.54, 1.807) is 48.5 Å². The van der Waals surface area contributed by atoms with Crippen LogP contribution in [0, 0.1) is 0 Å². The van der Waals surface area contributed by atoms with Crippen LogP contribution in [0.15, 0.2) is 108 Å². The number of alkyl carbamates (subject to hydrolysis) is 1. The SMILES string of the molecule is O=C(N[C@@H](CO)C(=O)N[C@@H](Cc1ccc(O)cc1)C(=O)N/N=C\c1cn(Cc2ccc(Cl)cc2Cl)c2ccccc12)OCc1ccccc1. The second-order valence-electron chi connectivity index (χ2n) is 11.1. The molecule has 13 heteroatoms. The summed E-state index contributed by atoms with van der Waals surface area (Å²) in [4.78, 5) is 39.0. The van der Waals surface area contributed by atoms with E-state index in [1.807, 2.05) is 47.2 Å². The number of hydrazone groups is 1. The summed E-state index contributed by atoms with van der Waals surface area (Å²) < 4.78 is 7.17. The number of phenolic OH excluding ortho intramolecular Hbond substituents is 1. The largest absolute Gasteiger partial charge is 0.508 e. The number of para-hydroxylation sites is 1. The highest BCUT2D eigenvalue weighted by Crippen LogP contribution is 2.25. The average molecular weight is 703 g/mol. The van der Waals surface area contributed by atoms with Crippen LogP contribution >= 0.6 is 23.2 Å². The van der Waals surface area contributed by atoms with Crippen LogP contribution in [0.4, 0.5) is 4.79 Å². The Labute approximate surface area is 292 Å². The molecule has 0 aliphatic rings. The number of fused-ring (bicyclic) bond motifs is 1. The van der Waals surface area contributed by atoms with Gasteiger partial charge in [-0.1, -0.05) is 89.9 Å². The fourth-order valence-corrected chi connectivity index (χ4v) is 5.50. The Hall–Kier alpha value is -5.36. The summed E-state index contributed by atoms with van der Waals surface area (Å²) in [5, 5.41) is 30.6. The molecule has 4 aromatic carbocycles. The molecular formula is C36H33Cl2N5O6. The maximum Gasteiger partial charge on any atom is 0.408 e. The van der Waals surface area contributed by atoms with E-state index in [-0.39, 0.29) is 18.8 Å². The minimum Gasteiger partial charge on any atom is -0.508 e. The van der Waals surface area contributed by atoms with Crippen molar-refractivity contribution < 1.29 is 29.3 Å². The number of halogens is 2. The number of aliphatic hydroxyl groups is 1. The fourth-order valence-electron chi connectivity index (χ4n) is 5.04. The van der Waals surface area contributed by atoms with Crippen LogP contribution in [0.25, 0.3) is 10.9 Å². The number of amides is 3. The van der Waals surface area contributed by atoms with Gasteiger partial charge in [0.05, 0.1) is 12.8 Å². The number of rotatable bonds is 13. The van der Waals surface area contributed by atoms with Gasteiger partial charge in [-0.25, -0.2) is 10.2 Å². The van der Waals surface area contributed by atoms with Crippen molar-refractivity contribution in [2.75, 3.05) is 6.61 Å². The predicted octanol–water partition coefficient (Wildman–Crippen LogP) is 5.17. The lowest BCUT2D eigenvalue weighted by Crippen LogP contribution is -2.55. The number of aromatic nitrogens is 1. The molecule has 2 atom stereocenters. The summed E-state index contributed by atoms with van der Waals surface area (Å²) in [6, 6.07) is 25.5. The van der Waals surface area contributed by atoms with E-state index in [9.17, 15) is 24.6 Å². The second-order valence-corrected chi connectivity index (χ2v) is 11.9. The molecule has 1 heterocycles. The number of nitrogens with zero attached hydrogens (tertiary/aromatic N) is 2. The zero-order valence-corrected chi connectivity index (χ0v) is 27.6. The quantitative estimate of drug-likeness (QED) is 0.0844.